The number of hydrogen-bond acceptors (Lipinski definition) is 5. The van der Waals surface area contributed by atoms with E-state index in [4.69, 9.17) is 9.47 Å². The first kappa shape index (κ1) is 18.3. The van der Waals surface area contributed by atoms with Crippen molar-refractivity contribution in [2.75, 3.05) is 11.8 Å². The van der Waals surface area contributed by atoms with Gasteiger partial charge in [0.05, 0.1) is 23.3 Å². The van der Waals surface area contributed by atoms with E-state index in [2.05, 4.69) is 4.72 Å². The molecule has 2 aromatic rings. The average Bonchev–Trinajstić information content (AvgIpc) is 2.60. The number of esters is 1. The molecule has 0 amide bonds. The second-order valence-electron chi connectivity index (χ2n) is 6.77. The first-order chi connectivity index (χ1) is 12.2. The second-order valence-corrected chi connectivity index (χ2v) is 8.46. The third kappa shape index (κ3) is 3.67. The van der Waals surface area contributed by atoms with Crippen molar-refractivity contribution in [3.05, 3.63) is 53.6 Å². The van der Waals surface area contributed by atoms with Crippen LogP contribution >= 0.6 is 0 Å². The number of ether oxygens (including phenoxy) is 2. The van der Waals surface area contributed by atoms with Crippen molar-refractivity contribution in [1.82, 2.24) is 0 Å². The highest BCUT2D eigenvalue weighted by Crippen LogP contribution is 2.34. The van der Waals surface area contributed by atoms with Crippen molar-refractivity contribution in [3.8, 4) is 5.75 Å². The van der Waals surface area contributed by atoms with E-state index >= 15 is 0 Å². The standard InChI is InChI=1S/C19H21NO5S/c1-19(2)11-10-13-12-14(8-9-17(13)25-19)26(22,23)20-16-7-5-4-6-15(16)18(21)24-3/h4-9,12,20H,10-11H2,1-3H3. The molecule has 138 valence electrons. The molecule has 0 unspecified atom stereocenters. The van der Waals surface area contributed by atoms with Gasteiger partial charge < -0.3 is 9.47 Å². The van der Waals surface area contributed by atoms with Gasteiger partial charge in [0.15, 0.2) is 0 Å². The summed E-state index contributed by atoms with van der Waals surface area (Å²) in [5, 5.41) is 0. The Labute approximate surface area is 153 Å². The van der Waals surface area contributed by atoms with Crippen LogP contribution in [0.4, 0.5) is 5.69 Å². The van der Waals surface area contributed by atoms with Gasteiger partial charge in [0.2, 0.25) is 0 Å². The summed E-state index contributed by atoms with van der Waals surface area (Å²) in [4.78, 5) is 12.0. The van der Waals surface area contributed by atoms with Crippen LogP contribution in [0.15, 0.2) is 47.4 Å². The number of benzene rings is 2. The van der Waals surface area contributed by atoms with Crippen molar-refractivity contribution in [1.29, 1.82) is 0 Å². The quantitative estimate of drug-likeness (QED) is 0.829. The number of hydrogen-bond donors (Lipinski definition) is 1. The molecule has 0 saturated carbocycles. The number of rotatable bonds is 4. The van der Waals surface area contributed by atoms with Crippen molar-refractivity contribution in [2.24, 2.45) is 0 Å². The number of nitrogens with one attached hydrogen (secondary N) is 1. The van der Waals surface area contributed by atoms with Gasteiger partial charge in [-0.1, -0.05) is 12.1 Å². The molecule has 0 bridgehead atoms. The SMILES string of the molecule is COC(=O)c1ccccc1NS(=O)(=O)c1ccc2c(c1)CCC(C)(C)O2. The summed E-state index contributed by atoms with van der Waals surface area (Å²) in [5.41, 5.74) is 0.926. The van der Waals surface area contributed by atoms with Gasteiger partial charge in [-0.15, -0.1) is 0 Å². The van der Waals surface area contributed by atoms with Gasteiger partial charge in [-0.05, 0) is 62.6 Å². The molecule has 0 aromatic heterocycles. The monoisotopic (exact) mass is 375 g/mol. The highest BCUT2D eigenvalue weighted by molar-refractivity contribution is 7.92. The highest BCUT2D eigenvalue weighted by Gasteiger charge is 2.28. The summed E-state index contributed by atoms with van der Waals surface area (Å²) >= 11 is 0. The van der Waals surface area contributed by atoms with Gasteiger partial charge >= 0.3 is 5.97 Å². The Morgan fingerprint density at radius 1 is 1.19 bits per heavy atom. The largest absolute Gasteiger partial charge is 0.488 e. The van der Waals surface area contributed by atoms with Crippen LogP contribution in [0.3, 0.4) is 0 Å². The summed E-state index contributed by atoms with van der Waals surface area (Å²) in [5.74, 6) is 0.0968. The summed E-state index contributed by atoms with van der Waals surface area (Å²) in [6, 6.07) is 11.1. The average molecular weight is 375 g/mol. The predicted octanol–water partition coefficient (Wildman–Crippen LogP) is 3.38. The first-order valence-electron chi connectivity index (χ1n) is 8.24. The minimum Gasteiger partial charge on any atom is -0.488 e. The normalized spacial score (nSPS) is 15.5. The van der Waals surface area contributed by atoms with E-state index in [-0.39, 0.29) is 21.7 Å². The molecule has 6 nitrogen and oxygen atoms in total. The molecule has 0 fully saturated rings. The molecule has 1 aliphatic heterocycles. The number of fused-ring (bicyclic) bond motifs is 1. The fourth-order valence-electron chi connectivity index (χ4n) is 2.87. The summed E-state index contributed by atoms with van der Waals surface area (Å²) in [7, 11) is -2.60. The van der Waals surface area contributed by atoms with Gasteiger partial charge in [0, 0.05) is 0 Å². The van der Waals surface area contributed by atoms with Crippen molar-refractivity contribution < 1.29 is 22.7 Å². The van der Waals surface area contributed by atoms with Crippen LogP contribution in [-0.2, 0) is 21.2 Å². The molecule has 26 heavy (non-hydrogen) atoms. The van der Waals surface area contributed by atoms with Crippen molar-refractivity contribution >= 4 is 21.7 Å². The number of carbonyl (C=O) groups is 1. The van der Waals surface area contributed by atoms with Gasteiger partial charge in [0.1, 0.15) is 11.4 Å². The minimum absolute atomic E-state index is 0.124. The molecule has 0 radical (unpaired) electrons. The molecule has 1 heterocycles. The van der Waals surface area contributed by atoms with Crippen LogP contribution in [0.5, 0.6) is 5.75 Å². The molecular formula is C19H21NO5S. The van der Waals surface area contributed by atoms with Gasteiger partial charge in [-0.2, -0.15) is 0 Å². The highest BCUT2D eigenvalue weighted by atomic mass is 32.2. The summed E-state index contributed by atoms with van der Waals surface area (Å²) in [6.45, 7) is 4.01. The predicted molar refractivity (Wildman–Crippen MR) is 98.1 cm³/mol. The number of aryl methyl sites for hydroxylation is 1. The fraction of sp³-hybridized carbons (Fsp3) is 0.316. The molecule has 3 rings (SSSR count). The van der Waals surface area contributed by atoms with E-state index in [1.165, 1.54) is 25.3 Å². The van der Waals surface area contributed by atoms with Gasteiger partial charge in [-0.25, -0.2) is 13.2 Å². The second kappa shape index (κ2) is 6.64. The molecule has 1 aliphatic rings. The Morgan fingerprint density at radius 3 is 2.65 bits per heavy atom. The van der Waals surface area contributed by atoms with Crippen molar-refractivity contribution in [2.45, 2.75) is 37.2 Å². The van der Waals surface area contributed by atoms with Crippen LogP contribution in [-0.4, -0.2) is 27.1 Å². The third-order valence-corrected chi connectivity index (χ3v) is 5.66. The zero-order chi connectivity index (χ0) is 18.9. The van der Waals surface area contributed by atoms with E-state index in [1.54, 1.807) is 24.3 Å². The Balaban J connectivity index is 1.92. The number of carbonyl (C=O) groups excluding carboxylic acids is 1. The fourth-order valence-corrected chi connectivity index (χ4v) is 4.00. The Morgan fingerprint density at radius 2 is 1.92 bits per heavy atom. The molecule has 0 atom stereocenters. The maximum atomic E-state index is 12.8. The van der Waals surface area contributed by atoms with E-state index in [0.29, 0.717) is 5.75 Å². The van der Waals surface area contributed by atoms with E-state index in [0.717, 1.165) is 18.4 Å². The first-order valence-corrected chi connectivity index (χ1v) is 9.72. The smallest absolute Gasteiger partial charge is 0.339 e. The number of sulfonamides is 1. The molecule has 0 spiro atoms. The van der Waals surface area contributed by atoms with Gasteiger partial charge in [-0.3, -0.25) is 4.72 Å². The molecule has 1 N–H and O–H groups in total. The zero-order valence-electron chi connectivity index (χ0n) is 14.9. The zero-order valence-corrected chi connectivity index (χ0v) is 15.7. The third-order valence-electron chi connectivity index (χ3n) is 4.30. The lowest BCUT2D eigenvalue weighted by molar-refractivity contribution is 0.0602. The lowest BCUT2D eigenvalue weighted by Crippen LogP contribution is -2.32. The maximum absolute atomic E-state index is 12.8. The van der Waals surface area contributed by atoms with Crippen LogP contribution in [0.2, 0.25) is 0 Å². The van der Waals surface area contributed by atoms with Crippen LogP contribution in [0, 0.1) is 0 Å². The van der Waals surface area contributed by atoms with Crippen LogP contribution in [0.25, 0.3) is 0 Å². The topological polar surface area (TPSA) is 81.7 Å². The molecule has 2 aromatic carbocycles. The molecule has 0 aliphatic carbocycles. The van der Waals surface area contributed by atoms with Crippen LogP contribution < -0.4 is 9.46 Å². The summed E-state index contributed by atoms with van der Waals surface area (Å²) < 4.78 is 38.6. The number of para-hydroxylation sites is 1. The Bertz CT molecular complexity index is 950. The van der Waals surface area contributed by atoms with E-state index in [9.17, 15) is 13.2 Å². The van der Waals surface area contributed by atoms with Gasteiger partial charge in [0.25, 0.3) is 10.0 Å². The lowest BCUT2D eigenvalue weighted by Gasteiger charge is -2.32. The summed E-state index contributed by atoms with van der Waals surface area (Å²) in [6.07, 6.45) is 1.55. The molecule has 7 heteroatoms. The lowest BCUT2D eigenvalue weighted by atomic mass is 9.94. The Kier molecular flexibility index (Phi) is 4.66. The van der Waals surface area contributed by atoms with E-state index < -0.39 is 16.0 Å². The Hall–Kier alpha value is -2.54. The molecular weight excluding hydrogens is 354 g/mol. The van der Waals surface area contributed by atoms with Crippen LogP contribution in [0.1, 0.15) is 36.2 Å². The number of anilines is 1. The molecule has 0 saturated heterocycles. The van der Waals surface area contributed by atoms with Crippen molar-refractivity contribution in [3.63, 3.8) is 0 Å². The number of methoxy groups -OCH3 is 1. The maximum Gasteiger partial charge on any atom is 0.339 e. The van der Waals surface area contributed by atoms with E-state index in [1.807, 2.05) is 13.8 Å². The minimum atomic E-state index is -3.85.